The van der Waals surface area contributed by atoms with Gasteiger partial charge in [-0.05, 0) is 0 Å². The average Bonchev–Trinajstić information content (AvgIpc) is 2.71. The molecule has 0 aromatic rings. The normalized spacial score (nSPS) is 2.22. The van der Waals surface area contributed by atoms with Crippen LogP contribution in [-0.4, -0.2) is 0 Å². The summed E-state index contributed by atoms with van der Waals surface area (Å²) in [5.74, 6) is 0. The van der Waals surface area contributed by atoms with E-state index in [0.29, 0.717) is 0 Å². The molecule has 0 aromatic carbocycles. The highest BCUT2D eigenvalue weighted by atomic mass is 13.0. The standard InChI is InChI=1S/10C2H6.7CH4/c10*1-2;;;;;;;/h10*1-2H3;7*1H4. The van der Waals surface area contributed by atoms with E-state index in [1.54, 1.807) is 0 Å². The number of hydrogen-bond acceptors (Lipinski definition) is 0. The van der Waals surface area contributed by atoms with Crippen molar-refractivity contribution < 1.29 is 0 Å². The molecule has 0 aliphatic carbocycles. The van der Waals surface area contributed by atoms with Crippen LogP contribution in [0.5, 0.6) is 0 Å². The molecule has 27 heavy (non-hydrogen) atoms. The molecule has 0 aliphatic rings. The summed E-state index contributed by atoms with van der Waals surface area (Å²) in [5, 5.41) is 0. The van der Waals surface area contributed by atoms with E-state index in [-0.39, 0.29) is 52.0 Å². The summed E-state index contributed by atoms with van der Waals surface area (Å²) in [6.07, 6.45) is 0. The Hall–Kier alpha value is 0. The molecular formula is C27H88. The van der Waals surface area contributed by atoms with Gasteiger partial charge in [-0.25, -0.2) is 0 Å². The van der Waals surface area contributed by atoms with Crippen LogP contribution in [0.1, 0.15) is 190 Å². The minimum absolute atomic E-state index is 0. The summed E-state index contributed by atoms with van der Waals surface area (Å²) in [5.41, 5.74) is 0. The number of rotatable bonds is 0. The summed E-state index contributed by atoms with van der Waals surface area (Å²) >= 11 is 0. The fraction of sp³-hybridized carbons (Fsp3) is 1.00. The second-order valence-electron chi connectivity index (χ2n) is 0. The Bertz CT molecular complexity index is 0. The predicted octanol–water partition coefficient (Wildman–Crippen LogP) is 14.7. The fourth-order valence-electron chi connectivity index (χ4n) is 0. The Morgan fingerprint density at radius 1 is 0.111 bits per heavy atom. The van der Waals surface area contributed by atoms with Crippen LogP contribution in [0, 0.1) is 0 Å². The van der Waals surface area contributed by atoms with Crippen LogP contribution in [0.15, 0.2) is 0 Å². The van der Waals surface area contributed by atoms with E-state index >= 15 is 0 Å². The van der Waals surface area contributed by atoms with Gasteiger partial charge in [0.15, 0.2) is 0 Å². The zero-order valence-electron chi connectivity index (χ0n) is 20.0. The third kappa shape index (κ3) is 0. The monoisotopic (exact) mass is 413 g/mol. The zero-order valence-corrected chi connectivity index (χ0v) is 20.0. The second kappa shape index (κ2) is 0. The molecule has 0 heteroatoms. The van der Waals surface area contributed by atoms with Crippen molar-refractivity contribution in [3.63, 3.8) is 0 Å². The lowest BCUT2D eigenvalue weighted by Gasteiger charge is -1.07. The summed E-state index contributed by atoms with van der Waals surface area (Å²) in [6.45, 7) is 40.0. The Balaban J connectivity index is -0.00000000267. The van der Waals surface area contributed by atoms with Crippen LogP contribution in [0.3, 0.4) is 0 Å². The van der Waals surface area contributed by atoms with Crippen molar-refractivity contribution in [3.8, 4) is 0 Å². The molecule has 0 aliphatic heterocycles. The highest BCUT2D eigenvalue weighted by Crippen LogP contribution is 1.16. The first kappa shape index (κ1) is 183. The lowest BCUT2D eigenvalue weighted by molar-refractivity contribution is 1.50. The molecule has 0 saturated carbocycles. The van der Waals surface area contributed by atoms with Gasteiger partial charge in [0, 0.05) is 0 Å². The fourth-order valence-corrected chi connectivity index (χ4v) is 0. The van der Waals surface area contributed by atoms with Crippen LogP contribution in [-0.2, 0) is 0 Å². The molecule has 0 amide bonds. The first-order chi connectivity index (χ1) is 10.0. The minimum Gasteiger partial charge on any atom is -0.0776 e. The molecule has 0 rings (SSSR count). The van der Waals surface area contributed by atoms with Gasteiger partial charge < -0.3 is 0 Å². The van der Waals surface area contributed by atoms with Gasteiger partial charge in [-0.2, -0.15) is 0 Å². The van der Waals surface area contributed by atoms with Crippen LogP contribution >= 0.6 is 0 Å². The van der Waals surface area contributed by atoms with E-state index in [0.717, 1.165) is 0 Å². The van der Waals surface area contributed by atoms with Crippen molar-refractivity contribution in [1.29, 1.82) is 0 Å². The van der Waals surface area contributed by atoms with E-state index in [1.807, 2.05) is 138 Å². The van der Waals surface area contributed by atoms with E-state index < -0.39 is 0 Å². The smallest absolute Gasteiger partial charge is 0.0683 e. The minimum atomic E-state index is 0. The topological polar surface area (TPSA) is 0 Å². The van der Waals surface area contributed by atoms with E-state index in [2.05, 4.69) is 0 Å². The number of hydrogen-bond donors (Lipinski definition) is 0. The highest BCUT2D eigenvalue weighted by molar-refractivity contribution is 3.52. The van der Waals surface area contributed by atoms with Crippen LogP contribution in [0.2, 0.25) is 0 Å². The van der Waals surface area contributed by atoms with Gasteiger partial charge in [0.2, 0.25) is 0 Å². The van der Waals surface area contributed by atoms with Crippen LogP contribution in [0.4, 0.5) is 0 Å². The molecule has 0 unspecified atom stereocenters. The van der Waals surface area contributed by atoms with Gasteiger partial charge >= 0.3 is 0 Å². The van der Waals surface area contributed by atoms with Crippen molar-refractivity contribution in [3.05, 3.63) is 0 Å². The largest absolute Gasteiger partial charge is 0.0776 e. The zero-order chi connectivity index (χ0) is 20.0. The molecule has 0 fully saturated rings. The molecule has 0 saturated heterocycles. The van der Waals surface area contributed by atoms with Gasteiger partial charge in [-0.15, -0.1) is 0 Å². The van der Waals surface area contributed by atoms with Gasteiger partial charge in [0.25, 0.3) is 0 Å². The van der Waals surface area contributed by atoms with Crippen molar-refractivity contribution >= 4 is 0 Å². The Morgan fingerprint density at radius 2 is 0.111 bits per heavy atom. The quantitative estimate of drug-likeness (QED) is 0.371. The highest BCUT2D eigenvalue weighted by Gasteiger charge is 0.950. The average molecular weight is 413 g/mol. The Labute approximate surface area is 190 Å². The molecule has 0 aromatic heterocycles. The Kier molecular flexibility index (Phi) is 0. The molecule has 0 bridgehead atoms. The second-order valence-corrected chi connectivity index (χ2v) is 0. The van der Waals surface area contributed by atoms with E-state index in [1.165, 1.54) is 0 Å². The molecule has 196 valence electrons. The maximum atomic E-state index is 2.00. The summed E-state index contributed by atoms with van der Waals surface area (Å²) < 4.78 is 0. The maximum absolute atomic E-state index is 2.00. The molecule has 0 nitrogen and oxygen atoms in total. The van der Waals surface area contributed by atoms with Crippen molar-refractivity contribution in [2.45, 2.75) is 190 Å². The third-order valence-corrected chi connectivity index (χ3v) is 0. The Morgan fingerprint density at radius 3 is 0.111 bits per heavy atom. The summed E-state index contributed by atoms with van der Waals surface area (Å²) in [7, 11) is 0. The van der Waals surface area contributed by atoms with Crippen LogP contribution < -0.4 is 0 Å². The van der Waals surface area contributed by atoms with Crippen molar-refractivity contribution in [1.82, 2.24) is 0 Å². The van der Waals surface area contributed by atoms with Gasteiger partial charge in [-0.3, -0.25) is 0 Å². The molecular weight excluding hydrogens is 324 g/mol. The lowest BCUT2D eigenvalue weighted by atomic mass is 11.0. The first-order valence-electron chi connectivity index (χ1n) is 10.0. The van der Waals surface area contributed by atoms with Gasteiger partial charge in [0.1, 0.15) is 0 Å². The summed E-state index contributed by atoms with van der Waals surface area (Å²) in [6, 6.07) is 0. The summed E-state index contributed by atoms with van der Waals surface area (Å²) in [4.78, 5) is 0. The van der Waals surface area contributed by atoms with E-state index in [4.69, 9.17) is 0 Å². The third-order valence-electron chi connectivity index (χ3n) is 0. The van der Waals surface area contributed by atoms with Gasteiger partial charge in [0.05, 0.1) is 0 Å². The molecule has 0 atom stereocenters. The SMILES string of the molecule is C.C.C.C.C.C.C.CC.CC.CC.CC.CC.CC.CC.CC.CC.CC. The molecule has 0 radical (unpaired) electrons. The van der Waals surface area contributed by atoms with Crippen LogP contribution in [0.25, 0.3) is 0 Å². The molecule has 0 heterocycles. The van der Waals surface area contributed by atoms with E-state index in [9.17, 15) is 0 Å². The molecule has 0 spiro atoms. The van der Waals surface area contributed by atoms with Crippen molar-refractivity contribution in [2.75, 3.05) is 0 Å². The lowest BCUT2D eigenvalue weighted by Crippen LogP contribution is -0.856. The predicted molar refractivity (Wildman–Crippen MR) is 161 cm³/mol. The van der Waals surface area contributed by atoms with Crippen molar-refractivity contribution in [2.24, 2.45) is 0 Å². The van der Waals surface area contributed by atoms with Gasteiger partial charge in [-0.1, -0.05) is 190 Å². The molecule has 0 N–H and O–H groups in total. The maximum Gasteiger partial charge on any atom is -0.0683 e. The first-order valence-corrected chi connectivity index (χ1v) is 10.0.